The van der Waals surface area contributed by atoms with Gasteiger partial charge in [-0.2, -0.15) is 0 Å². The molecule has 0 unspecified atom stereocenters. The third kappa shape index (κ3) is 3.54. The molecule has 2 rings (SSSR count). The van der Waals surface area contributed by atoms with Gasteiger partial charge in [-0.15, -0.1) is 0 Å². The van der Waals surface area contributed by atoms with Crippen molar-refractivity contribution in [3.8, 4) is 5.75 Å². The number of pyridine rings is 2. The zero-order valence-electron chi connectivity index (χ0n) is 9.73. The lowest BCUT2D eigenvalue weighted by Crippen LogP contribution is -2.30. The summed E-state index contributed by atoms with van der Waals surface area (Å²) in [6.07, 6.45) is 7.17. The van der Waals surface area contributed by atoms with Crippen molar-refractivity contribution in [1.82, 2.24) is 9.97 Å². The Morgan fingerprint density at radius 1 is 1.17 bits per heavy atom. The van der Waals surface area contributed by atoms with E-state index < -0.39 is 7.12 Å². The molecule has 18 heavy (non-hydrogen) atoms. The van der Waals surface area contributed by atoms with E-state index in [1.807, 2.05) is 12.1 Å². The molecule has 5 nitrogen and oxygen atoms in total. The summed E-state index contributed by atoms with van der Waals surface area (Å²) in [4.78, 5) is 7.89. The molecule has 0 radical (unpaired) electrons. The van der Waals surface area contributed by atoms with Crippen LogP contribution in [-0.4, -0.2) is 33.7 Å². The second-order valence-corrected chi connectivity index (χ2v) is 3.79. The first-order valence-electron chi connectivity index (χ1n) is 5.58. The third-order valence-corrected chi connectivity index (χ3v) is 2.41. The highest BCUT2D eigenvalue weighted by Gasteiger charge is 2.11. The van der Waals surface area contributed by atoms with Gasteiger partial charge in [0.2, 0.25) is 0 Å². The molecular formula is C12H13BN2O3. The SMILES string of the molecule is OB(O)c1cncc(OCCc2cccnc2)c1. The van der Waals surface area contributed by atoms with Gasteiger partial charge in [-0.3, -0.25) is 9.97 Å². The molecule has 0 aliphatic heterocycles. The summed E-state index contributed by atoms with van der Waals surface area (Å²) in [5, 5.41) is 18.0. The van der Waals surface area contributed by atoms with Gasteiger partial charge in [-0.25, -0.2) is 0 Å². The lowest BCUT2D eigenvalue weighted by atomic mass is 9.82. The Balaban J connectivity index is 1.89. The van der Waals surface area contributed by atoms with Gasteiger partial charge in [0.05, 0.1) is 12.8 Å². The Hall–Kier alpha value is -1.92. The normalized spacial score (nSPS) is 10.1. The Morgan fingerprint density at radius 3 is 2.78 bits per heavy atom. The number of ether oxygens (including phenoxy) is 1. The molecular weight excluding hydrogens is 231 g/mol. The minimum atomic E-state index is -1.53. The van der Waals surface area contributed by atoms with Crippen LogP contribution in [0.15, 0.2) is 43.0 Å². The van der Waals surface area contributed by atoms with Crippen molar-refractivity contribution in [3.05, 3.63) is 48.5 Å². The molecule has 2 N–H and O–H groups in total. The van der Waals surface area contributed by atoms with E-state index in [-0.39, 0.29) is 0 Å². The zero-order chi connectivity index (χ0) is 12.8. The Kier molecular flexibility index (Phi) is 4.27. The third-order valence-electron chi connectivity index (χ3n) is 2.41. The van der Waals surface area contributed by atoms with Crippen molar-refractivity contribution in [3.63, 3.8) is 0 Å². The summed E-state index contributed by atoms with van der Waals surface area (Å²) in [6.45, 7) is 0.484. The predicted molar refractivity (Wildman–Crippen MR) is 67.5 cm³/mol. The summed E-state index contributed by atoms with van der Waals surface area (Å²) in [5.41, 5.74) is 1.40. The molecule has 2 heterocycles. The van der Waals surface area contributed by atoms with Crippen molar-refractivity contribution >= 4 is 12.6 Å². The number of hydrogen-bond donors (Lipinski definition) is 2. The summed E-state index contributed by atoms with van der Waals surface area (Å²) in [7, 11) is -1.53. The second kappa shape index (κ2) is 6.14. The van der Waals surface area contributed by atoms with E-state index in [0.717, 1.165) is 12.0 Å². The molecule has 0 fully saturated rings. The number of aromatic nitrogens is 2. The fraction of sp³-hybridized carbons (Fsp3) is 0.167. The van der Waals surface area contributed by atoms with Crippen LogP contribution in [0.4, 0.5) is 0 Å². The monoisotopic (exact) mass is 244 g/mol. The minimum Gasteiger partial charge on any atom is -0.492 e. The highest BCUT2D eigenvalue weighted by molar-refractivity contribution is 6.58. The van der Waals surface area contributed by atoms with Crippen molar-refractivity contribution in [2.75, 3.05) is 6.61 Å². The summed E-state index contributed by atoms with van der Waals surface area (Å²) in [5.74, 6) is 0.518. The first-order chi connectivity index (χ1) is 8.75. The van der Waals surface area contributed by atoms with E-state index in [1.165, 1.54) is 12.4 Å². The molecule has 6 heteroatoms. The van der Waals surface area contributed by atoms with Gasteiger partial charge in [0, 0.05) is 30.5 Å². The molecule has 0 aliphatic rings. The lowest BCUT2D eigenvalue weighted by molar-refractivity contribution is 0.320. The molecule has 0 saturated carbocycles. The average molecular weight is 244 g/mol. The van der Waals surface area contributed by atoms with Gasteiger partial charge in [0.1, 0.15) is 5.75 Å². The Labute approximate surface area is 105 Å². The average Bonchev–Trinajstić information content (AvgIpc) is 2.40. The van der Waals surface area contributed by atoms with E-state index in [2.05, 4.69) is 9.97 Å². The Bertz CT molecular complexity index is 494. The number of nitrogens with zero attached hydrogens (tertiary/aromatic N) is 2. The van der Waals surface area contributed by atoms with Gasteiger partial charge in [-0.1, -0.05) is 6.07 Å². The van der Waals surface area contributed by atoms with Crippen LogP contribution in [-0.2, 0) is 6.42 Å². The largest absolute Gasteiger partial charge is 0.492 e. The van der Waals surface area contributed by atoms with Crippen LogP contribution >= 0.6 is 0 Å². The number of rotatable bonds is 5. The first kappa shape index (κ1) is 12.5. The van der Waals surface area contributed by atoms with Crippen LogP contribution in [0.3, 0.4) is 0 Å². The van der Waals surface area contributed by atoms with E-state index in [0.29, 0.717) is 17.8 Å². The van der Waals surface area contributed by atoms with Crippen LogP contribution in [0.5, 0.6) is 5.75 Å². The maximum Gasteiger partial charge on any atom is 0.490 e. The molecule has 0 aliphatic carbocycles. The molecule has 0 saturated heterocycles. The molecule has 92 valence electrons. The van der Waals surface area contributed by atoms with Gasteiger partial charge in [-0.05, 0) is 17.7 Å². The molecule has 0 amide bonds. The van der Waals surface area contributed by atoms with E-state index in [9.17, 15) is 0 Å². The first-order valence-corrected chi connectivity index (χ1v) is 5.58. The quantitative estimate of drug-likeness (QED) is 0.711. The Morgan fingerprint density at radius 2 is 2.06 bits per heavy atom. The second-order valence-electron chi connectivity index (χ2n) is 3.79. The van der Waals surface area contributed by atoms with E-state index in [1.54, 1.807) is 18.5 Å². The molecule has 0 bridgehead atoms. The number of hydrogen-bond acceptors (Lipinski definition) is 5. The van der Waals surface area contributed by atoms with E-state index >= 15 is 0 Å². The summed E-state index contributed by atoms with van der Waals surface area (Å²) in [6, 6.07) is 5.41. The van der Waals surface area contributed by atoms with Crippen molar-refractivity contribution in [2.45, 2.75) is 6.42 Å². The van der Waals surface area contributed by atoms with Crippen LogP contribution in [0.25, 0.3) is 0 Å². The van der Waals surface area contributed by atoms with Gasteiger partial charge < -0.3 is 14.8 Å². The van der Waals surface area contributed by atoms with Gasteiger partial charge in [0.15, 0.2) is 0 Å². The maximum atomic E-state index is 9.00. The molecule has 2 aromatic rings. The van der Waals surface area contributed by atoms with Crippen LogP contribution < -0.4 is 10.2 Å². The van der Waals surface area contributed by atoms with Gasteiger partial charge >= 0.3 is 7.12 Å². The summed E-state index contributed by atoms with van der Waals surface area (Å²) >= 11 is 0. The standard InChI is InChI=1S/C12H13BN2O3/c16-13(17)11-6-12(9-15-8-11)18-5-3-10-2-1-4-14-7-10/h1-2,4,6-9,16-17H,3,5H2. The minimum absolute atomic E-state index is 0.314. The smallest absolute Gasteiger partial charge is 0.490 e. The van der Waals surface area contributed by atoms with Gasteiger partial charge in [0.25, 0.3) is 0 Å². The maximum absolute atomic E-state index is 9.00. The summed E-state index contributed by atoms with van der Waals surface area (Å²) < 4.78 is 5.49. The fourth-order valence-corrected chi connectivity index (χ4v) is 1.49. The van der Waals surface area contributed by atoms with E-state index in [4.69, 9.17) is 14.8 Å². The molecule has 2 aromatic heterocycles. The highest BCUT2D eigenvalue weighted by Crippen LogP contribution is 2.06. The zero-order valence-corrected chi connectivity index (χ0v) is 9.73. The van der Waals surface area contributed by atoms with Crippen molar-refractivity contribution in [2.24, 2.45) is 0 Å². The fourth-order valence-electron chi connectivity index (χ4n) is 1.49. The molecule has 0 spiro atoms. The predicted octanol–water partition coefficient (Wildman–Crippen LogP) is -0.222. The van der Waals surface area contributed by atoms with Crippen LogP contribution in [0.2, 0.25) is 0 Å². The topological polar surface area (TPSA) is 75.5 Å². The molecule has 0 atom stereocenters. The van der Waals surface area contributed by atoms with Crippen LogP contribution in [0, 0.1) is 0 Å². The lowest BCUT2D eigenvalue weighted by Gasteiger charge is -2.07. The van der Waals surface area contributed by atoms with Crippen LogP contribution in [0.1, 0.15) is 5.56 Å². The molecule has 0 aromatic carbocycles. The van der Waals surface area contributed by atoms with Crippen molar-refractivity contribution in [1.29, 1.82) is 0 Å². The highest BCUT2D eigenvalue weighted by atomic mass is 16.5. The van der Waals surface area contributed by atoms with Crippen molar-refractivity contribution < 1.29 is 14.8 Å².